The van der Waals surface area contributed by atoms with Crippen molar-refractivity contribution < 1.29 is 13.2 Å². The van der Waals surface area contributed by atoms with Crippen LogP contribution in [0.15, 0.2) is 47.4 Å². The summed E-state index contributed by atoms with van der Waals surface area (Å²) in [5.74, 6) is -0.317. The van der Waals surface area contributed by atoms with E-state index in [1.807, 2.05) is 0 Å². The molecule has 0 unspecified atom stereocenters. The van der Waals surface area contributed by atoms with Crippen LogP contribution in [0.4, 0.5) is 0 Å². The number of carbonyl (C=O) groups is 1. The normalized spacial score (nSPS) is 11.6. The smallest absolute Gasteiger partial charge is 0.251 e. The van der Waals surface area contributed by atoms with Crippen LogP contribution in [0.1, 0.15) is 29.8 Å². The minimum Gasteiger partial charge on any atom is -0.348 e. The highest BCUT2D eigenvalue weighted by Crippen LogP contribution is 2.21. The van der Waals surface area contributed by atoms with Crippen LogP contribution < -0.4 is 5.32 Å². The number of hydrogen-bond donors (Lipinski definition) is 1. The van der Waals surface area contributed by atoms with Crippen LogP contribution in [0.25, 0.3) is 0 Å². The number of carbonyl (C=O) groups excluding carboxylic acids is 1. The number of rotatable bonds is 7. The molecule has 0 heterocycles. The highest BCUT2D eigenvalue weighted by molar-refractivity contribution is 7.89. The fourth-order valence-corrected chi connectivity index (χ4v) is 4.37. The number of hydrogen-bond acceptors (Lipinski definition) is 3. The van der Waals surface area contributed by atoms with Gasteiger partial charge < -0.3 is 5.32 Å². The van der Waals surface area contributed by atoms with Gasteiger partial charge in [0.2, 0.25) is 10.0 Å². The first kappa shape index (κ1) is 20.7. The average Bonchev–Trinajstić information content (AvgIpc) is 2.61. The maximum atomic E-state index is 12.5. The van der Waals surface area contributed by atoms with Crippen LogP contribution >= 0.6 is 23.2 Å². The van der Waals surface area contributed by atoms with Gasteiger partial charge in [0.25, 0.3) is 5.91 Å². The number of halogens is 2. The van der Waals surface area contributed by atoms with Crippen molar-refractivity contribution in [3.05, 3.63) is 63.6 Å². The van der Waals surface area contributed by atoms with Gasteiger partial charge in [0.15, 0.2) is 0 Å². The summed E-state index contributed by atoms with van der Waals surface area (Å²) in [6.45, 7) is 4.59. The summed E-state index contributed by atoms with van der Waals surface area (Å²) in [5.41, 5.74) is 1.11. The zero-order valence-corrected chi connectivity index (χ0v) is 16.8. The molecular weight excluding hydrogens is 395 g/mol. The Kier molecular flexibility index (Phi) is 7.06. The SMILES string of the molecule is CCN(CC)S(=O)(=O)c1ccc(C(=O)NCc2ccc(Cl)cc2Cl)cc1. The summed E-state index contributed by atoms with van der Waals surface area (Å²) in [6.07, 6.45) is 0. The van der Waals surface area contributed by atoms with E-state index >= 15 is 0 Å². The van der Waals surface area contributed by atoms with Crippen molar-refractivity contribution in [2.45, 2.75) is 25.3 Å². The molecule has 0 spiro atoms. The Morgan fingerprint density at radius 1 is 1.04 bits per heavy atom. The van der Waals surface area contributed by atoms with Crippen LogP contribution in [-0.2, 0) is 16.6 Å². The monoisotopic (exact) mass is 414 g/mol. The molecule has 2 aromatic carbocycles. The van der Waals surface area contributed by atoms with Gasteiger partial charge in [-0.1, -0.05) is 43.1 Å². The first-order valence-corrected chi connectivity index (χ1v) is 10.3. The number of nitrogens with zero attached hydrogens (tertiary/aromatic N) is 1. The maximum absolute atomic E-state index is 12.5. The molecule has 0 aromatic heterocycles. The van der Waals surface area contributed by atoms with Crippen LogP contribution in [-0.4, -0.2) is 31.7 Å². The summed E-state index contributed by atoms with van der Waals surface area (Å²) >= 11 is 11.9. The van der Waals surface area contributed by atoms with Crippen LogP contribution in [0.3, 0.4) is 0 Å². The van der Waals surface area contributed by atoms with E-state index in [4.69, 9.17) is 23.2 Å². The molecule has 0 fully saturated rings. The van der Waals surface area contributed by atoms with Crippen LogP contribution in [0, 0.1) is 0 Å². The predicted molar refractivity (Wildman–Crippen MR) is 104 cm³/mol. The first-order valence-electron chi connectivity index (χ1n) is 8.12. The Balaban J connectivity index is 2.09. The number of benzene rings is 2. The first-order chi connectivity index (χ1) is 12.3. The van der Waals surface area contributed by atoms with E-state index < -0.39 is 10.0 Å². The van der Waals surface area contributed by atoms with E-state index in [1.54, 1.807) is 32.0 Å². The van der Waals surface area contributed by atoms with E-state index in [0.717, 1.165) is 5.56 Å². The molecule has 1 N–H and O–H groups in total. The highest BCUT2D eigenvalue weighted by Gasteiger charge is 2.21. The van der Waals surface area contributed by atoms with Gasteiger partial charge in [-0.2, -0.15) is 4.31 Å². The van der Waals surface area contributed by atoms with Gasteiger partial charge in [-0.15, -0.1) is 0 Å². The molecule has 0 aliphatic heterocycles. The third kappa shape index (κ3) is 4.76. The van der Waals surface area contributed by atoms with Crippen LogP contribution in [0.2, 0.25) is 10.0 Å². The van der Waals surface area contributed by atoms with E-state index in [0.29, 0.717) is 28.7 Å². The zero-order chi connectivity index (χ0) is 19.3. The van der Waals surface area contributed by atoms with Crippen molar-refractivity contribution in [2.75, 3.05) is 13.1 Å². The lowest BCUT2D eigenvalue weighted by Gasteiger charge is -2.18. The Labute approximate surface area is 164 Å². The molecule has 2 rings (SSSR count). The molecule has 0 aliphatic carbocycles. The molecule has 0 saturated carbocycles. The molecular formula is C18H20Cl2N2O3S. The highest BCUT2D eigenvalue weighted by atomic mass is 35.5. The molecule has 0 bridgehead atoms. The van der Waals surface area contributed by atoms with Crippen molar-refractivity contribution >= 4 is 39.1 Å². The second-order valence-electron chi connectivity index (χ2n) is 5.53. The van der Waals surface area contributed by atoms with Gasteiger partial charge in [0, 0.05) is 35.2 Å². The fourth-order valence-electron chi connectivity index (χ4n) is 2.43. The molecule has 26 heavy (non-hydrogen) atoms. The minimum absolute atomic E-state index is 0.165. The van der Waals surface area contributed by atoms with E-state index in [9.17, 15) is 13.2 Å². The van der Waals surface area contributed by atoms with Gasteiger partial charge in [0.05, 0.1) is 4.90 Å². The van der Waals surface area contributed by atoms with E-state index in [-0.39, 0.29) is 17.3 Å². The molecule has 0 saturated heterocycles. The lowest BCUT2D eigenvalue weighted by atomic mass is 10.2. The quantitative estimate of drug-likeness (QED) is 0.745. The Morgan fingerprint density at radius 2 is 1.65 bits per heavy atom. The lowest BCUT2D eigenvalue weighted by Crippen LogP contribution is -2.30. The zero-order valence-electron chi connectivity index (χ0n) is 14.5. The van der Waals surface area contributed by atoms with Crippen molar-refractivity contribution in [3.8, 4) is 0 Å². The summed E-state index contributed by atoms with van der Waals surface area (Å²) in [7, 11) is -3.54. The standard InChI is InChI=1S/C18H20Cl2N2O3S/c1-3-22(4-2)26(24,25)16-9-6-13(7-10-16)18(23)21-12-14-5-8-15(19)11-17(14)20/h5-11H,3-4,12H2,1-2H3,(H,21,23). The molecule has 5 nitrogen and oxygen atoms in total. The van der Waals surface area contributed by atoms with Gasteiger partial charge in [-0.05, 0) is 42.0 Å². The molecule has 0 radical (unpaired) electrons. The minimum atomic E-state index is -3.54. The van der Waals surface area contributed by atoms with Crippen molar-refractivity contribution in [1.29, 1.82) is 0 Å². The molecule has 8 heteroatoms. The van der Waals surface area contributed by atoms with Gasteiger partial charge in [0.1, 0.15) is 0 Å². The predicted octanol–water partition coefficient (Wildman–Crippen LogP) is 3.95. The maximum Gasteiger partial charge on any atom is 0.251 e. The van der Waals surface area contributed by atoms with Gasteiger partial charge in [-0.3, -0.25) is 4.79 Å². The van der Waals surface area contributed by atoms with Crippen molar-refractivity contribution in [1.82, 2.24) is 9.62 Å². The fraction of sp³-hybridized carbons (Fsp3) is 0.278. The third-order valence-electron chi connectivity index (χ3n) is 3.91. The molecule has 1 amide bonds. The second kappa shape index (κ2) is 8.86. The molecule has 2 aromatic rings. The van der Waals surface area contributed by atoms with Gasteiger partial charge >= 0.3 is 0 Å². The summed E-state index contributed by atoms with van der Waals surface area (Å²) in [6, 6.07) is 10.9. The number of sulfonamides is 1. The Bertz CT molecular complexity index is 880. The average molecular weight is 415 g/mol. The molecule has 0 aliphatic rings. The Morgan fingerprint density at radius 3 is 2.19 bits per heavy atom. The molecule has 0 atom stereocenters. The summed E-state index contributed by atoms with van der Waals surface area (Å²) in [5, 5.41) is 3.75. The van der Waals surface area contributed by atoms with Crippen molar-refractivity contribution in [2.24, 2.45) is 0 Å². The summed E-state index contributed by atoms with van der Waals surface area (Å²) < 4.78 is 26.3. The number of amides is 1. The number of nitrogens with one attached hydrogen (secondary N) is 1. The second-order valence-corrected chi connectivity index (χ2v) is 8.31. The molecule has 140 valence electrons. The van der Waals surface area contributed by atoms with Crippen molar-refractivity contribution in [3.63, 3.8) is 0 Å². The Hall–Kier alpha value is -1.60. The van der Waals surface area contributed by atoms with Crippen LogP contribution in [0.5, 0.6) is 0 Å². The van der Waals surface area contributed by atoms with E-state index in [1.165, 1.54) is 28.6 Å². The largest absolute Gasteiger partial charge is 0.348 e. The lowest BCUT2D eigenvalue weighted by molar-refractivity contribution is 0.0951. The third-order valence-corrected chi connectivity index (χ3v) is 6.57. The topological polar surface area (TPSA) is 66.5 Å². The summed E-state index contributed by atoms with van der Waals surface area (Å²) in [4.78, 5) is 12.4. The van der Waals surface area contributed by atoms with E-state index in [2.05, 4.69) is 5.32 Å². The van der Waals surface area contributed by atoms with Gasteiger partial charge in [-0.25, -0.2) is 8.42 Å².